The van der Waals surface area contributed by atoms with E-state index in [1.807, 2.05) is 0 Å². The number of ketones is 1. The number of carbonyl (C=O) groups excluding carboxylic acids is 1. The first-order valence-corrected chi connectivity index (χ1v) is 4.74. The van der Waals surface area contributed by atoms with Gasteiger partial charge in [-0.25, -0.2) is 0 Å². The lowest BCUT2D eigenvalue weighted by Gasteiger charge is -2.40. The number of allylic oxidation sites excluding steroid dienone is 4. The third kappa shape index (κ3) is 0.669. The topological polar surface area (TPSA) is 17.1 Å². The first-order chi connectivity index (χ1) is 5.86. The number of Topliss-reactive ketones (excluding diaryl/α,β-unsaturated/α-hetero) is 1. The number of fused-ring (bicyclic) bond motifs is 1. The monoisotopic (exact) mass is 160 g/mol. The average Bonchev–Trinajstić information content (AvgIpc) is 2.53. The SMILES string of the molecule is O=C1CC2C=CC1C1C=CCC21. The molecule has 4 aliphatic carbocycles. The smallest absolute Gasteiger partial charge is 0.140 e. The minimum atomic E-state index is 0.235. The highest BCUT2D eigenvalue weighted by molar-refractivity contribution is 5.86. The molecule has 0 aromatic carbocycles. The first-order valence-electron chi connectivity index (χ1n) is 4.74. The maximum Gasteiger partial charge on any atom is 0.140 e. The fourth-order valence-corrected chi connectivity index (χ4v) is 2.98. The summed E-state index contributed by atoms with van der Waals surface area (Å²) < 4.78 is 0. The van der Waals surface area contributed by atoms with E-state index in [-0.39, 0.29) is 5.92 Å². The Morgan fingerprint density at radius 1 is 1.25 bits per heavy atom. The van der Waals surface area contributed by atoms with E-state index in [9.17, 15) is 4.79 Å². The summed E-state index contributed by atoms with van der Waals surface area (Å²) in [5.74, 6) is 2.58. The molecule has 62 valence electrons. The van der Waals surface area contributed by atoms with Crippen LogP contribution in [0.3, 0.4) is 0 Å². The highest BCUT2D eigenvalue weighted by atomic mass is 16.1. The molecule has 0 amide bonds. The van der Waals surface area contributed by atoms with Crippen molar-refractivity contribution in [3.05, 3.63) is 24.3 Å². The van der Waals surface area contributed by atoms with Gasteiger partial charge < -0.3 is 0 Å². The van der Waals surface area contributed by atoms with Crippen molar-refractivity contribution in [3.8, 4) is 0 Å². The van der Waals surface area contributed by atoms with Gasteiger partial charge in [0.05, 0.1) is 0 Å². The maximum atomic E-state index is 11.5. The fourth-order valence-electron chi connectivity index (χ4n) is 2.98. The molecule has 0 spiro atoms. The van der Waals surface area contributed by atoms with E-state index in [2.05, 4.69) is 24.3 Å². The molecule has 0 radical (unpaired) electrons. The van der Waals surface area contributed by atoms with Gasteiger partial charge in [-0.1, -0.05) is 24.3 Å². The van der Waals surface area contributed by atoms with Crippen LogP contribution in [-0.2, 0) is 4.79 Å². The number of hydrogen-bond donors (Lipinski definition) is 0. The van der Waals surface area contributed by atoms with Crippen LogP contribution in [0, 0.1) is 23.7 Å². The third-order valence-corrected chi connectivity index (χ3v) is 3.60. The number of rotatable bonds is 0. The number of carbonyl (C=O) groups is 1. The normalized spacial score (nSPS) is 48.5. The largest absolute Gasteiger partial charge is 0.299 e. The lowest BCUT2D eigenvalue weighted by atomic mass is 9.63. The van der Waals surface area contributed by atoms with Gasteiger partial charge in [0, 0.05) is 12.3 Å². The second-order valence-electron chi connectivity index (χ2n) is 4.15. The van der Waals surface area contributed by atoms with Crippen LogP contribution < -0.4 is 0 Å². The summed E-state index contributed by atoms with van der Waals surface area (Å²) in [5.41, 5.74) is 0. The Hall–Kier alpha value is -0.850. The van der Waals surface area contributed by atoms with Gasteiger partial charge in [0.1, 0.15) is 5.78 Å². The Morgan fingerprint density at radius 2 is 2.17 bits per heavy atom. The van der Waals surface area contributed by atoms with Crippen molar-refractivity contribution >= 4 is 5.78 Å². The molecule has 0 heterocycles. The molecule has 4 rings (SSSR count). The highest BCUT2D eigenvalue weighted by Gasteiger charge is 2.44. The van der Waals surface area contributed by atoms with E-state index in [4.69, 9.17) is 0 Å². The van der Waals surface area contributed by atoms with Gasteiger partial charge in [-0.3, -0.25) is 4.79 Å². The van der Waals surface area contributed by atoms with E-state index in [0.717, 1.165) is 12.3 Å². The summed E-state index contributed by atoms with van der Waals surface area (Å²) in [6, 6.07) is 0. The molecule has 0 N–H and O–H groups in total. The van der Waals surface area contributed by atoms with Gasteiger partial charge >= 0.3 is 0 Å². The van der Waals surface area contributed by atoms with E-state index >= 15 is 0 Å². The Balaban J connectivity index is 2.05. The Kier molecular flexibility index (Phi) is 1.16. The standard InChI is InChI=1S/C11H12O/c12-11-6-7-4-5-10(11)9-3-1-2-8(7)9/h1,3-5,7-10H,2,6H2. The first kappa shape index (κ1) is 6.64. The molecule has 1 heteroatoms. The molecule has 4 atom stereocenters. The molecular formula is C11H12O. The second-order valence-corrected chi connectivity index (χ2v) is 4.15. The van der Waals surface area contributed by atoms with Crippen LogP contribution in [0.2, 0.25) is 0 Å². The van der Waals surface area contributed by atoms with Gasteiger partial charge in [0.25, 0.3) is 0 Å². The highest BCUT2D eigenvalue weighted by Crippen LogP contribution is 2.47. The zero-order valence-electron chi connectivity index (χ0n) is 6.94. The summed E-state index contributed by atoms with van der Waals surface area (Å²) in [7, 11) is 0. The van der Waals surface area contributed by atoms with Crippen molar-refractivity contribution in [2.75, 3.05) is 0 Å². The van der Waals surface area contributed by atoms with E-state index in [1.54, 1.807) is 0 Å². The van der Waals surface area contributed by atoms with Crippen LogP contribution >= 0.6 is 0 Å². The zero-order valence-corrected chi connectivity index (χ0v) is 6.94. The van der Waals surface area contributed by atoms with Gasteiger partial charge in [-0.2, -0.15) is 0 Å². The van der Waals surface area contributed by atoms with Crippen LogP contribution in [-0.4, -0.2) is 5.78 Å². The molecule has 4 aliphatic rings. The molecule has 1 nitrogen and oxygen atoms in total. The summed E-state index contributed by atoms with van der Waals surface area (Å²) in [6.45, 7) is 0. The molecule has 12 heavy (non-hydrogen) atoms. The predicted octanol–water partition coefficient (Wildman–Crippen LogP) is 1.95. The Morgan fingerprint density at radius 3 is 3.00 bits per heavy atom. The van der Waals surface area contributed by atoms with E-state index in [0.29, 0.717) is 17.6 Å². The van der Waals surface area contributed by atoms with Crippen molar-refractivity contribution in [2.24, 2.45) is 23.7 Å². The molecular weight excluding hydrogens is 148 g/mol. The van der Waals surface area contributed by atoms with Gasteiger partial charge in [0.2, 0.25) is 0 Å². The zero-order chi connectivity index (χ0) is 8.13. The summed E-state index contributed by atoms with van der Waals surface area (Å²) in [6.07, 6.45) is 10.9. The van der Waals surface area contributed by atoms with E-state index in [1.165, 1.54) is 6.42 Å². The van der Waals surface area contributed by atoms with Gasteiger partial charge in [-0.05, 0) is 24.2 Å². The van der Waals surface area contributed by atoms with Crippen molar-refractivity contribution in [1.82, 2.24) is 0 Å². The quantitative estimate of drug-likeness (QED) is 0.495. The molecule has 1 fully saturated rings. The summed E-state index contributed by atoms with van der Waals surface area (Å²) in [5, 5.41) is 0. The van der Waals surface area contributed by atoms with Crippen LogP contribution in [0.5, 0.6) is 0 Å². The lowest BCUT2D eigenvalue weighted by Crippen LogP contribution is -2.39. The predicted molar refractivity (Wildman–Crippen MR) is 46.5 cm³/mol. The minimum absolute atomic E-state index is 0.235. The molecule has 2 bridgehead atoms. The molecule has 4 unspecified atom stereocenters. The third-order valence-electron chi connectivity index (χ3n) is 3.60. The molecule has 1 saturated carbocycles. The number of hydrogen-bond acceptors (Lipinski definition) is 1. The molecule has 0 aliphatic heterocycles. The van der Waals surface area contributed by atoms with Crippen LogP contribution in [0.25, 0.3) is 0 Å². The van der Waals surface area contributed by atoms with Crippen molar-refractivity contribution in [1.29, 1.82) is 0 Å². The summed E-state index contributed by atoms with van der Waals surface area (Å²) >= 11 is 0. The summed E-state index contributed by atoms with van der Waals surface area (Å²) in [4.78, 5) is 11.5. The van der Waals surface area contributed by atoms with E-state index < -0.39 is 0 Å². The van der Waals surface area contributed by atoms with Crippen LogP contribution in [0.4, 0.5) is 0 Å². The molecule has 0 aromatic heterocycles. The Bertz CT molecular complexity index is 287. The van der Waals surface area contributed by atoms with Gasteiger partial charge in [0.15, 0.2) is 0 Å². The van der Waals surface area contributed by atoms with Crippen LogP contribution in [0.1, 0.15) is 12.8 Å². The van der Waals surface area contributed by atoms with Crippen molar-refractivity contribution < 1.29 is 4.79 Å². The fraction of sp³-hybridized carbons (Fsp3) is 0.545. The maximum absolute atomic E-state index is 11.5. The van der Waals surface area contributed by atoms with Crippen LogP contribution in [0.15, 0.2) is 24.3 Å². The minimum Gasteiger partial charge on any atom is -0.299 e. The average molecular weight is 160 g/mol. The molecule has 0 saturated heterocycles. The second kappa shape index (κ2) is 2.09. The van der Waals surface area contributed by atoms with Crippen molar-refractivity contribution in [3.63, 3.8) is 0 Å². The lowest BCUT2D eigenvalue weighted by molar-refractivity contribution is -0.127. The molecule has 0 aromatic rings. The van der Waals surface area contributed by atoms with Crippen molar-refractivity contribution in [2.45, 2.75) is 12.8 Å². The van der Waals surface area contributed by atoms with Gasteiger partial charge in [-0.15, -0.1) is 0 Å². The Labute approximate surface area is 72.2 Å².